The van der Waals surface area contributed by atoms with Crippen LogP contribution in [0.1, 0.15) is 17.9 Å². The van der Waals surface area contributed by atoms with E-state index in [1.54, 1.807) is 7.11 Å². The lowest BCUT2D eigenvalue weighted by atomic mass is 9.95. The van der Waals surface area contributed by atoms with Crippen LogP contribution >= 0.6 is 0 Å². The summed E-state index contributed by atoms with van der Waals surface area (Å²) in [5, 5.41) is 2.56. The topological polar surface area (TPSA) is 12.5 Å². The fourth-order valence-electron chi connectivity index (χ4n) is 2.83. The summed E-state index contributed by atoms with van der Waals surface area (Å²) < 4.78 is 5.26. The van der Waals surface area contributed by atoms with Gasteiger partial charge in [0.05, 0.1) is 7.11 Å². The minimum Gasteiger partial charge on any atom is -0.497 e. The van der Waals surface area contributed by atoms with Crippen LogP contribution in [0.15, 0.2) is 36.4 Å². The zero-order valence-corrected chi connectivity index (χ0v) is 11.0. The van der Waals surface area contributed by atoms with Gasteiger partial charge in [0, 0.05) is 6.54 Å². The van der Waals surface area contributed by atoms with Gasteiger partial charge in [0.25, 0.3) is 0 Å². The van der Waals surface area contributed by atoms with E-state index in [2.05, 4.69) is 42.3 Å². The molecule has 1 unspecified atom stereocenters. The van der Waals surface area contributed by atoms with Gasteiger partial charge in [0.2, 0.25) is 0 Å². The molecule has 0 aromatic heterocycles. The van der Waals surface area contributed by atoms with Crippen molar-refractivity contribution in [2.75, 3.05) is 27.2 Å². The van der Waals surface area contributed by atoms with Crippen LogP contribution in [0.2, 0.25) is 0 Å². The molecule has 0 aliphatic carbocycles. The van der Waals surface area contributed by atoms with Crippen molar-refractivity contribution in [2.45, 2.75) is 12.3 Å². The summed E-state index contributed by atoms with van der Waals surface area (Å²) in [6.45, 7) is 2.40. The van der Waals surface area contributed by atoms with Crippen molar-refractivity contribution in [2.24, 2.45) is 0 Å². The van der Waals surface area contributed by atoms with Crippen molar-refractivity contribution in [1.29, 1.82) is 0 Å². The molecule has 1 fully saturated rings. The van der Waals surface area contributed by atoms with Gasteiger partial charge in [0.15, 0.2) is 0 Å². The highest BCUT2D eigenvalue weighted by molar-refractivity contribution is 5.84. The van der Waals surface area contributed by atoms with Crippen LogP contribution in [0.3, 0.4) is 0 Å². The van der Waals surface area contributed by atoms with E-state index in [9.17, 15) is 0 Å². The maximum atomic E-state index is 5.26. The molecule has 2 aromatic rings. The summed E-state index contributed by atoms with van der Waals surface area (Å²) in [4.78, 5) is 2.41. The molecule has 1 atom stereocenters. The average molecular weight is 241 g/mol. The highest BCUT2D eigenvalue weighted by Gasteiger charge is 2.20. The first-order chi connectivity index (χ1) is 8.76. The predicted octanol–water partition coefficient (Wildman–Crippen LogP) is 3.27. The first-order valence-electron chi connectivity index (χ1n) is 6.52. The molecular formula is C16H19NO. The Bertz CT molecular complexity index is 564. The van der Waals surface area contributed by atoms with Crippen LogP contribution < -0.4 is 4.74 Å². The molecule has 0 bridgehead atoms. The van der Waals surface area contributed by atoms with Gasteiger partial charge >= 0.3 is 0 Å². The molecule has 0 amide bonds. The molecule has 1 aliphatic rings. The van der Waals surface area contributed by atoms with Crippen LogP contribution in [0, 0.1) is 0 Å². The smallest absolute Gasteiger partial charge is 0.119 e. The molecule has 18 heavy (non-hydrogen) atoms. The summed E-state index contributed by atoms with van der Waals surface area (Å²) in [7, 11) is 3.91. The maximum absolute atomic E-state index is 5.26. The van der Waals surface area contributed by atoms with Crippen LogP contribution in [0.4, 0.5) is 0 Å². The van der Waals surface area contributed by atoms with Crippen LogP contribution in [0.25, 0.3) is 10.8 Å². The monoisotopic (exact) mass is 241 g/mol. The van der Waals surface area contributed by atoms with Crippen LogP contribution in [0.5, 0.6) is 5.75 Å². The lowest BCUT2D eigenvalue weighted by Gasteiger charge is -2.12. The summed E-state index contributed by atoms with van der Waals surface area (Å²) in [6, 6.07) is 13.1. The van der Waals surface area contributed by atoms with E-state index in [1.807, 2.05) is 6.07 Å². The number of benzene rings is 2. The molecule has 94 valence electrons. The quantitative estimate of drug-likeness (QED) is 0.800. The molecule has 1 saturated heterocycles. The highest BCUT2D eigenvalue weighted by atomic mass is 16.5. The normalized spacial score (nSPS) is 20.4. The molecule has 3 rings (SSSR count). The van der Waals surface area contributed by atoms with E-state index in [0.29, 0.717) is 5.92 Å². The molecule has 0 N–H and O–H groups in total. The molecule has 0 saturated carbocycles. The van der Waals surface area contributed by atoms with Crippen LogP contribution in [-0.2, 0) is 0 Å². The first kappa shape index (κ1) is 11.5. The summed E-state index contributed by atoms with van der Waals surface area (Å²) in [5.74, 6) is 1.62. The molecule has 2 heteroatoms. The first-order valence-corrected chi connectivity index (χ1v) is 6.52. The van der Waals surface area contributed by atoms with Gasteiger partial charge in [-0.3, -0.25) is 0 Å². The summed E-state index contributed by atoms with van der Waals surface area (Å²) in [6.07, 6.45) is 1.28. The largest absolute Gasteiger partial charge is 0.497 e. The second-order valence-electron chi connectivity index (χ2n) is 5.22. The second kappa shape index (κ2) is 4.62. The average Bonchev–Trinajstić information content (AvgIpc) is 2.84. The Morgan fingerprint density at radius 2 is 1.89 bits per heavy atom. The van der Waals surface area contributed by atoms with E-state index in [1.165, 1.54) is 35.8 Å². The van der Waals surface area contributed by atoms with E-state index >= 15 is 0 Å². The third-order valence-electron chi connectivity index (χ3n) is 3.93. The Labute approximate surface area is 108 Å². The molecule has 1 heterocycles. The Morgan fingerprint density at radius 1 is 1.11 bits per heavy atom. The van der Waals surface area contributed by atoms with Crippen molar-refractivity contribution >= 4 is 10.8 Å². The Kier molecular flexibility index (Phi) is 2.96. The second-order valence-corrected chi connectivity index (χ2v) is 5.22. The van der Waals surface area contributed by atoms with Crippen molar-refractivity contribution in [1.82, 2.24) is 4.90 Å². The minimum absolute atomic E-state index is 0.696. The van der Waals surface area contributed by atoms with Gasteiger partial charge in [0.1, 0.15) is 5.75 Å². The van der Waals surface area contributed by atoms with Crippen molar-refractivity contribution < 1.29 is 4.74 Å². The van der Waals surface area contributed by atoms with Gasteiger partial charge in [-0.1, -0.05) is 24.3 Å². The molecule has 1 aliphatic heterocycles. The molecule has 2 nitrogen and oxygen atoms in total. The van der Waals surface area contributed by atoms with Crippen molar-refractivity contribution in [3.8, 4) is 5.75 Å². The fourth-order valence-corrected chi connectivity index (χ4v) is 2.83. The number of rotatable bonds is 2. The fraction of sp³-hybridized carbons (Fsp3) is 0.375. The van der Waals surface area contributed by atoms with Crippen LogP contribution in [-0.4, -0.2) is 32.1 Å². The van der Waals surface area contributed by atoms with Gasteiger partial charge in [-0.2, -0.15) is 0 Å². The number of likely N-dealkylation sites (N-methyl/N-ethyl adjacent to an activating group) is 1. The molecular weight excluding hydrogens is 222 g/mol. The number of fused-ring (bicyclic) bond motifs is 1. The number of nitrogens with zero attached hydrogens (tertiary/aromatic N) is 1. The number of ether oxygens (including phenoxy) is 1. The minimum atomic E-state index is 0.696. The molecule has 0 radical (unpaired) electrons. The van der Waals surface area contributed by atoms with Gasteiger partial charge < -0.3 is 9.64 Å². The number of hydrogen-bond donors (Lipinski definition) is 0. The van der Waals surface area contributed by atoms with Crippen molar-refractivity contribution in [3.63, 3.8) is 0 Å². The van der Waals surface area contributed by atoms with E-state index in [0.717, 1.165) is 5.75 Å². The zero-order chi connectivity index (χ0) is 12.5. The lowest BCUT2D eigenvalue weighted by Crippen LogP contribution is -2.13. The summed E-state index contributed by atoms with van der Waals surface area (Å²) in [5.41, 5.74) is 1.47. The van der Waals surface area contributed by atoms with E-state index in [4.69, 9.17) is 4.74 Å². The van der Waals surface area contributed by atoms with Gasteiger partial charge in [-0.25, -0.2) is 0 Å². The Balaban J connectivity index is 1.96. The van der Waals surface area contributed by atoms with E-state index < -0.39 is 0 Å². The van der Waals surface area contributed by atoms with Gasteiger partial charge in [-0.15, -0.1) is 0 Å². The standard InChI is InChI=1S/C16H19NO/c1-17-8-7-15(11-17)13-3-4-14-10-16(18-2)6-5-12(14)9-13/h3-6,9-10,15H,7-8,11H2,1-2H3. The number of likely N-dealkylation sites (tertiary alicyclic amines) is 1. The SMILES string of the molecule is COc1ccc2cc(C3CCN(C)C3)ccc2c1. The van der Waals surface area contributed by atoms with Crippen molar-refractivity contribution in [3.05, 3.63) is 42.0 Å². The summed E-state index contributed by atoms with van der Waals surface area (Å²) >= 11 is 0. The molecule has 0 spiro atoms. The predicted molar refractivity (Wildman–Crippen MR) is 75.4 cm³/mol. The lowest BCUT2D eigenvalue weighted by molar-refractivity contribution is 0.411. The number of methoxy groups -OCH3 is 1. The van der Waals surface area contributed by atoms with Gasteiger partial charge in [-0.05, 0) is 54.4 Å². The molecule has 2 aromatic carbocycles. The Hall–Kier alpha value is -1.54. The highest BCUT2D eigenvalue weighted by Crippen LogP contribution is 2.29. The third kappa shape index (κ3) is 2.08. The number of hydrogen-bond acceptors (Lipinski definition) is 2. The third-order valence-corrected chi connectivity index (χ3v) is 3.93. The Morgan fingerprint density at radius 3 is 2.61 bits per heavy atom. The maximum Gasteiger partial charge on any atom is 0.119 e. The zero-order valence-electron chi connectivity index (χ0n) is 11.0. The van der Waals surface area contributed by atoms with E-state index in [-0.39, 0.29) is 0 Å².